The van der Waals surface area contributed by atoms with Gasteiger partial charge in [0.2, 0.25) is 0 Å². The second-order valence-corrected chi connectivity index (χ2v) is 9.74. The number of carbonyl (C=O) groups is 1. The number of urea groups is 1. The predicted octanol–water partition coefficient (Wildman–Crippen LogP) is 3.19. The Hall–Kier alpha value is -1.30. The van der Waals surface area contributed by atoms with Crippen molar-refractivity contribution in [1.29, 1.82) is 0 Å². The monoisotopic (exact) mass is 360 g/mol. The Morgan fingerprint density at radius 3 is 2.32 bits per heavy atom. The molecule has 25 heavy (non-hydrogen) atoms. The number of hydrogen-bond donors (Lipinski definition) is 1. The van der Waals surface area contributed by atoms with Gasteiger partial charge in [0.15, 0.2) is 5.13 Å². The molecule has 1 aromatic rings. The van der Waals surface area contributed by atoms with Crippen LogP contribution in [-0.2, 0) is 0 Å². The average molecular weight is 361 g/mol. The molecule has 4 aliphatic carbocycles. The van der Waals surface area contributed by atoms with Crippen LogP contribution < -0.4 is 10.2 Å². The van der Waals surface area contributed by atoms with Crippen molar-refractivity contribution in [2.45, 2.75) is 38.5 Å². The summed E-state index contributed by atoms with van der Waals surface area (Å²) >= 11 is 1.68. The third kappa shape index (κ3) is 3.03. The Labute approximate surface area is 153 Å². The molecule has 1 N–H and O–H groups in total. The molecule has 1 aromatic heterocycles. The van der Waals surface area contributed by atoms with Gasteiger partial charge in [0, 0.05) is 44.3 Å². The van der Waals surface area contributed by atoms with Gasteiger partial charge in [0.25, 0.3) is 0 Å². The van der Waals surface area contributed by atoms with Crippen molar-refractivity contribution >= 4 is 22.5 Å². The molecule has 4 bridgehead atoms. The molecule has 0 aromatic carbocycles. The van der Waals surface area contributed by atoms with Crippen molar-refractivity contribution in [1.82, 2.24) is 15.2 Å². The van der Waals surface area contributed by atoms with E-state index in [1.165, 1.54) is 38.5 Å². The Kier molecular flexibility index (Phi) is 3.91. The third-order valence-corrected chi connectivity index (χ3v) is 7.87. The van der Waals surface area contributed by atoms with Gasteiger partial charge in [0.05, 0.1) is 0 Å². The lowest BCUT2D eigenvalue weighted by Gasteiger charge is -2.57. The summed E-state index contributed by atoms with van der Waals surface area (Å²) in [7, 11) is 0. The van der Waals surface area contributed by atoms with Crippen LogP contribution in [0.4, 0.5) is 9.93 Å². The fourth-order valence-corrected chi connectivity index (χ4v) is 7.05. The number of piperazine rings is 1. The largest absolute Gasteiger partial charge is 0.345 e. The summed E-state index contributed by atoms with van der Waals surface area (Å²) in [6.45, 7) is 4.28. The summed E-state index contributed by atoms with van der Waals surface area (Å²) in [6, 6.07) is 0.148. The topological polar surface area (TPSA) is 48.5 Å². The molecule has 6 heteroatoms. The van der Waals surface area contributed by atoms with Crippen molar-refractivity contribution in [2.75, 3.05) is 37.6 Å². The lowest BCUT2D eigenvalue weighted by molar-refractivity contribution is -0.0502. The van der Waals surface area contributed by atoms with E-state index < -0.39 is 0 Å². The molecule has 6 rings (SSSR count). The number of thiazole rings is 1. The number of amides is 2. The number of carbonyl (C=O) groups excluding carboxylic acids is 1. The number of aromatic nitrogens is 1. The summed E-state index contributed by atoms with van der Waals surface area (Å²) in [5, 5.41) is 6.41. The first-order valence-corrected chi connectivity index (χ1v) is 10.7. The van der Waals surface area contributed by atoms with Crippen molar-refractivity contribution < 1.29 is 4.79 Å². The summed E-state index contributed by atoms with van der Waals surface area (Å²) < 4.78 is 0. The SMILES string of the molecule is O=C(NCC12CC3CC(CC(C3)C1)C2)N1CCN(c2nccs2)CC1. The van der Waals surface area contributed by atoms with Crippen LogP contribution in [0.5, 0.6) is 0 Å². The molecule has 2 amide bonds. The number of hydrogen-bond acceptors (Lipinski definition) is 4. The summed E-state index contributed by atoms with van der Waals surface area (Å²) in [4.78, 5) is 21.3. The van der Waals surface area contributed by atoms with Crippen molar-refractivity contribution in [2.24, 2.45) is 23.2 Å². The van der Waals surface area contributed by atoms with E-state index in [4.69, 9.17) is 0 Å². The Bertz CT molecular complexity index is 588. The smallest absolute Gasteiger partial charge is 0.317 e. The van der Waals surface area contributed by atoms with E-state index in [2.05, 4.69) is 15.2 Å². The Balaban J connectivity index is 1.14. The summed E-state index contributed by atoms with van der Waals surface area (Å²) in [5.74, 6) is 2.85. The van der Waals surface area contributed by atoms with E-state index in [0.29, 0.717) is 5.41 Å². The highest BCUT2D eigenvalue weighted by Gasteiger charge is 2.50. The number of anilines is 1. The lowest BCUT2D eigenvalue weighted by atomic mass is 9.49. The highest BCUT2D eigenvalue weighted by molar-refractivity contribution is 7.13. The standard InChI is InChI=1S/C19H28N4OS/c24-17(22-2-4-23(5-3-22)18-20-1-6-25-18)21-13-19-10-14-7-15(11-19)9-16(8-14)12-19/h1,6,14-16H,2-5,7-13H2,(H,21,24). The second-order valence-electron chi connectivity index (χ2n) is 8.87. The van der Waals surface area contributed by atoms with Crippen LogP contribution in [-0.4, -0.2) is 48.6 Å². The molecule has 0 atom stereocenters. The van der Waals surface area contributed by atoms with Crippen LogP contribution in [0.25, 0.3) is 0 Å². The van der Waals surface area contributed by atoms with E-state index in [0.717, 1.165) is 55.6 Å². The average Bonchev–Trinajstić information content (AvgIpc) is 3.13. The Morgan fingerprint density at radius 1 is 1.12 bits per heavy atom. The van der Waals surface area contributed by atoms with Crippen LogP contribution in [0.3, 0.4) is 0 Å². The molecule has 5 nitrogen and oxygen atoms in total. The van der Waals surface area contributed by atoms with Crippen LogP contribution in [0.15, 0.2) is 11.6 Å². The highest BCUT2D eigenvalue weighted by Crippen LogP contribution is 2.59. The number of nitrogens with zero attached hydrogens (tertiary/aromatic N) is 3. The summed E-state index contributed by atoms with van der Waals surface area (Å²) in [5.41, 5.74) is 0.424. The molecule has 2 heterocycles. The van der Waals surface area contributed by atoms with Crippen LogP contribution in [0.1, 0.15) is 38.5 Å². The van der Waals surface area contributed by atoms with Gasteiger partial charge < -0.3 is 15.1 Å². The molecular formula is C19H28N4OS. The zero-order valence-corrected chi connectivity index (χ0v) is 15.6. The van der Waals surface area contributed by atoms with Gasteiger partial charge in [0.1, 0.15) is 0 Å². The maximum Gasteiger partial charge on any atom is 0.317 e. The third-order valence-electron chi connectivity index (χ3n) is 7.04. The van der Waals surface area contributed by atoms with Gasteiger partial charge >= 0.3 is 6.03 Å². The number of rotatable bonds is 3. The molecular weight excluding hydrogens is 332 g/mol. The minimum absolute atomic E-state index is 0.148. The van der Waals surface area contributed by atoms with Gasteiger partial charge in [-0.3, -0.25) is 0 Å². The Morgan fingerprint density at radius 2 is 1.76 bits per heavy atom. The fraction of sp³-hybridized carbons (Fsp3) is 0.789. The van der Waals surface area contributed by atoms with E-state index in [9.17, 15) is 4.79 Å². The molecule has 0 unspecified atom stereocenters. The first-order valence-electron chi connectivity index (χ1n) is 9.86. The first kappa shape index (κ1) is 15.9. The molecule has 5 aliphatic rings. The predicted molar refractivity (Wildman–Crippen MR) is 99.9 cm³/mol. The fourth-order valence-electron chi connectivity index (χ4n) is 6.35. The first-order chi connectivity index (χ1) is 12.2. The molecule has 0 radical (unpaired) electrons. The minimum Gasteiger partial charge on any atom is -0.345 e. The highest BCUT2D eigenvalue weighted by atomic mass is 32.1. The molecule has 4 saturated carbocycles. The lowest BCUT2D eigenvalue weighted by Crippen LogP contribution is -2.55. The normalized spacial score (nSPS) is 36.7. The summed E-state index contributed by atoms with van der Waals surface area (Å²) in [6.07, 6.45) is 10.3. The van der Waals surface area contributed by atoms with Crippen LogP contribution >= 0.6 is 11.3 Å². The van der Waals surface area contributed by atoms with Crippen molar-refractivity contribution in [3.63, 3.8) is 0 Å². The zero-order valence-electron chi connectivity index (χ0n) is 14.8. The van der Waals surface area contributed by atoms with Crippen molar-refractivity contribution in [3.05, 3.63) is 11.6 Å². The van der Waals surface area contributed by atoms with Gasteiger partial charge in [-0.05, 0) is 61.7 Å². The maximum absolute atomic E-state index is 12.7. The van der Waals surface area contributed by atoms with E-state index in [1.54, 1.807) is 11.3 Å². The number of nitrogens with one attached hydrogen (secondary N) is 1. The van der Waals surface area contributed by atoms with Crippen LogP contribution in [0, 0.1) is 23.2 Å². The maximum atomic E-state index is 12.7. The van der Waals surface area contributed by atoms with Gasteiger partial charge in [-0.15, -0.1) is 11.3 Å². The molecule has 5 fully saturated rings. The molecule has 0 spiro atoms. The minimum atomic E-state index is 0.148. The quantitative estimate of drug-likeness (QED) is 0.900. The second kappa shape index (κ2) is 6.15. The van der Waals surface area contributed by atoms with Gasteiger partial charge in [-0.2, -0.15) is 0 Å². The molecule has 1 aliphatic heterocycles. The van der Waals surface area contributed by atoms with Gasteiger partial charge in [-0.1, -0.05) is 0 Å². The van der Waals surface area contributed by atoms with Crippen molar-refractivity contribution in [3.8, 4) is 0 Å². The zero-order chi connectivity index (χ0) is 16.9. The van der Waals surface area contributed by atoms with E-state index in [-0.39, 0.29) is 6.03 Å². The van der Waals surface area contributed by atoms with E-state index in [1.807, 2.05) is 16.5 Å². The van der Waals surface area contributed by atoms with E-state index >= 15 is 0 Å². The molecule has 136 valence electrons. The van der Waals surface area contributed by atoms with Gasteiger partial charge in [-0.25, -0.2) is 9.78 Å². The molecule has 1 saturated heterocycles. The van der Waals surface area contributed by atoms with Crippen LogP contribution in [0.2, 0.25) is 0 Å².